The van der Waals surface area contributed by atoms with Crippen LogP contribution in [-0.2, 0) is 17.4 Å². The molecule has 0 fully saturated rings. The monoisotopic (exact) mass is 500 g/mol. The van der Waals surface area contributed by atoms with E-state index in [0.29, 0.717) is 33.5 Å². The van der Waals surface area contributed by atoms with Crippen LogP contribution in [-0.4, -0.2) is 27.1 Å². The van der Waals surface area contributed by atoms with Gasteiger partial charge in [0.2, 0.25) is 5.91 Å². The molecule has 0 spiro atoms. The lowest BCUT2D eigenvalue weighted by Crippen LogP contribution is -2.13. The SMILES string of the molecule is CSc1nc(-c2ccnc(NC(=O)CCc3ccc(C(F)(F)F)cc3)c2)c(-c2ccc(F)cc2)[nH]1. The highest BCUT2D eigenvalue weighted by Gasteiger charge is 2.29. The largest absolute Gasteiger partial charge is 0.416 e. The van der Waals surface area contributed by atoms with Crippen molar-refractivity contribution in [2.24, 2.45) is 0 Å². The average molecular weight is 501 g/mol. The molecule has 0 aliphatic heterocycles. The normalized spacial score (nSPS) is 11.5. The number of halogens is 4. The highest BCUT2D eigenvalue weighted by atomic mass is 32.2. The zero-order valence-corrected chi connectivity index (χ0v) is 19.3. The number of aromatic amines is 1. The number of pyridine rings is 1. The number of alkyl halides is 3. The standard InChI is InChI=1S/C25H20F4N4OS/c1-35-24-32-22(16-5-9-19(26)10-6-16)23(33-24)17-12-13-30-20(14-17)31-21(34)11-4-15-2-7-18(8-3-15)25(27,28)29/h2-3,5-10,12-14H,4,11H2,1H3,(H,32,33)(H,30,31,34). The minimum atomic E-state index is -4.39. The van der Waals surface area contributed by atoms with Crippen molar-refractivity contribution >= 4 is 23.5 Å². The molecule has 2 aromatic carbocycles. The van der Waals surface area contributed by atoms with E-state index < -0.39 is 11.7 Å². The molecule has 2 N–H and O–H groups in total. The number of rotatable bonds is 7. The zero-order chi connectivity index (χ0) is 25.0. The number of amides is 1. The molecule has 2 aromatic heterocycles. The summed E-state index contributed by atoms with van der Waals surface area (Å²) < 4.78 is 51.5. The molecule has 0 radical (unpaired) electrons. The van der Waals surface area contributed by atoms with Gasteiger partial charge in [0.15, 0.2) is 5.16 Å². The highest BCUT2D eigenvalue weighted by molar-refractivity contribution is 7.98. The average Bonchev–Trinajstić information content (AvgIpc) is 3.28. The molecule has 4 aromatic rings. The number of thioether (sulfide) groups is 1. The second kappa shape index (κ2) is 10.3. The molecule has 0 unspecified atom stereocenters. The van der Waals surface area contributed by atoms with Gasteiger partial charge in [0.05, 0.1) is 17.0 Å². The van der Waals surface area contributed by atoms with Crippen molar-refractivity contribution in [3.05, 3.63) is 83.8 Å². The Bertz CT molecular complexity index is 1320. The van der Waals surface area contributed by atoms with E-state index in [1.807, 2.05) is 6.26 Å². The first kappa shape index (κ1) is 24.5. The summed E-state index contributed by atoms with van der Waals surface area (Å²) in [7, 11) is 0. The molecule has 180 valence electrons. The van der Waals surface area contributed by atoms with Crippen molar-refractivity contribution in [2.45, 2.75) is 24.2 Å². The lowest BCUT2D eigenvalue weighted by atomic mass is 10.1. The molecule has 0 bridgehead atoms. The maximum Gasteiger partial charge on any atom is 0.416 e. The summed E-state index contributed by atoms with van der Waals surface area (Å²) >= 11 is 1.43. The van der Waals surface area contributed by atoms with Crippen LogP contribution in [0.2, 0.25) is 0 Å². The maximum absolute atomic E-state index is 13.4. The number of carbonyl (C=O) groups excluding carboxylic acids is 1. The summed E-state index contributed by atoms with van der Waals surface area (Å²) in [5.41, 5.74) is 2.69. The number of carbonyl (C=O) groups is 1. The van der Waals surface area contributed by atoms with Crippen LogP contribution in [0.15, 0.2) is 72.0 Å². The first-order valence-corrected chi connectivity index (χ1v) is 11.8. The zero-order valence-electron chi connectivity index (χ0n) is 18.5. The van der Waals surface area contributed by atoms with Gasteiger partial charge in [0.1, 0.15) is 11.6 Å². The van der Waals surface area contributed by atoms with E-state index >= 15 is 0 Å². The molecule has 5 nitrogen and oxygen atoms in total. The predicted octanol–water partition coefficient (Wildman–Crippen LogP) is 6.59. The molecular weight excluding hydrogens is 480 g/mol. The van der Waals surface area contributed by atoms with Gasteiger partial charge < -0.3 is 10.3 Å². The fourth-order valence-electron chi connectivity index (χ4n) is 3.45. The topological polar surface area (TPSA) is 70.7 Å². The Morgan fingerprint density at radius 2 is 1.74 bits per heavy atom. The van der Waals surface area contributed by atoms with E-state index in [2.05, 4.69) is 20.3 Å². The number of hydrogen-bond acceptors (Lipinski definition) is 4. The second-order valence-corrected chi connectivity index (χ2v) is 8.44. The van der Waals surface area contributed by atoms with E-state index in [-0.39, 0.29) is 24.6 Å². The minimum absolute atomic E-state index is 0.0805. The number of imidazole rings is 1. The molecule has 0 aliphatic carbocycles. The fourth-order valence-corrected chi connectivity index (χ4v) is 3.84. The summed E-state index contributed by atoms with van der Waals surface area (Å²) in [4.78, 5) is 24.5. The summed E-state index contributed by atoms with van der Waals surface area (Å²) in [6.45, 7) is 0. The quantitative estimate of drug-likeness (QED) is 0.222. The summed E-state index contributed by atoms with van der Waals surface area (Å²) in [5.74, 6) is -0.344. The third-order valence-corrected chi connectivity index (χ3v) is 5.81. The van der Waals surface area contributed by atoms with Gasteiger partial charge >= 0.3 is 6.18 Å². The van der Waals surface area contributed by atoms with Crippen LogP contribution in [0.4, 0.5) is 23.4 Å². The third-order valence-electron chi connectivity index (χ3n) is 5.23. The van der Waals surface area contributed by atoms with Gasteiger partial charge in [-0.25, -0.2) is 14.4 Å². The van der Waals surface area contributed by atoms with Gasteiger partial charge in [-0.15, -0.1) is 0 Å². The maximum atomic E-state index is 13.4. The Kier molecular flexibility index (Phi) is 7.20. The molecule has 0 aliphatic rings. The molecule has 35 heavy (non-hydrogen) atoms. The van der Waals surface area contributed by atoms with Crippen LogP contribution in [0, 0.1) is 5.82 Å². The number of aryl methyl sites for hydroxylation is 1. The van der Waals surface area contributed by atoms with Crippen molar-refractivity contribution < 1.29 is 22.4 Å². The number of nitrogens with one attached hydrogen (secondary N) is 2. The van der Waals surface area contributed by atoms with Gasteiger partial charge in [0.25, 0.3) is 0 Å². The van der Waals surface area contributed by atoms with Crippen LogP contribution < -0.4 is 5.32 Å². The molecule has 4 rings (SSSR count). The smallest absolute Gasteiger partial charge is 0.332 e. The van der Waals surface area contributed by atoms with E-state index in [0.717, 1.165) is 17.7 Å². The van der Waals surface area contributed by atoms with E-state index in [9.17, 15) is 22.4 Å². The summed E-state index contributed by atoms with van der Waals surface area (Å²) in [5, 5.41) is 3.40. The molecular formula is C25H20F4N4OS. The van der Waals surface area contributed by atoms with Gasteiger partial charge in [-0.3, -0.25) is 4.79 Å². The minimum Gasteiger partial charge on any atom is -0.332 e. The number of nitrogens with zero attached hydrogens (tertiary/aromatic N) is 2. The van der Waals surface area contributed by atoms with Crippen molar-refractivity contribution in [3.63, 3.8) is 0 Å². The van der Waals surface area contributed by atoms with Crippen molar-refractivity contribution in [1.29, 1.82) is 0 Å². The molecule has 0 atom stereocenters. The lowest BCUT2D eigenvalue weighted by Gasteiger charge is -2.09. The van der Waals surface area contributed by atoms with Crippen molar-refractivity contribution in [1.82, 2.24) is 15.0 Å². The highest BCUT2D eigenvalue weighted by Crippen LogP contribution is 2.33. The number of benzene rings is 2. The van der Waals surface area contributed by atoms with Crippen molar-refractivity contribution in [2.75, 3.05) is 11.6 Å². The van der Waals surface area contributed by atoms with Crippen molar-refractivity contribution in [3.8, 4) is 22.5 Å². The third kappa shape index (κ3) is 6.07. The molecule has 1 amide bonds. The van der Waals surface area contributed by atoms with Gasteiger partial charge in [-0.05, 0) is 66.8 Å². The number of hydrogen-bond donors (Lipinski definition) is 2. The fraction of sp³-hybridized carbons (Fsp3) is 0.160. The van der Waals surface area contributed by atoms with Crippen LogP contribution in [0.25, 0.3) is 22.5 Å². The second-order valence-electron chi connectivity index (χ2n) is 7.65. The molecule has 0 saturated carbocycles. The summed E-state index contributed by atoms with van der Waals surface area (Å²) in [6, 6.07) is 14.2. The lowest BCUT2D eigenvalue weighted by molar-refractivity contribution is -0.137. The van der Waals surface area contributed by atoms with E-state index in [1.54, 1.807) is 30.5 Å². The molecule has 0 saturated heterocycles. The van der Waals surface area contributed by atoms with E-state index in [4.69, 9.17) is 0 Å². The Hall–Kier alpha value is -3.66. The Morgan fingerprint density at radius 3 is 2.40 bits per heavy atom. The Morgan fingerprint density at radius 1 is 1.03 bits per heavy atom. The van der Waals surface area contributed by atoms with Gasteiger partial charge in [0, 0.05) is 23.7 Å². The molecule has 2 heterocycles. The van der Waals surface area contributed by atoms with Crippen LogP contribution in [0.1, 0.15) is 17.5 Å². The van der Waals surface area contributed by atoms with Gasteiger partial charge in [-0.2, -0.15) is 13.2 Å². The van der Waals surface area contributed by atoms with E-state index in [1.165, 1.54) is 36.0 Å². The summed E-state index contributed by atoms with van der Waals surface area (Å²) in [6.07, 6.45) is -0.603. The first-order chi connectivity index (χ1) is 16.7. The van der Waals surface area contributed by atoms with Crippen LogP contribution in [0.5, 0.6) is 0 Å². The first-order valence-electron chi connectivity index (χ1n) is 10.6. The van der Waals surface area contributed by atoms with Gasteiger partial charge in [-0.1, -0.05) is 23.9 Å². The number of H-pyrrole nitrogens is 1. The Balaban J connectivity index is 1.47. The van der Waals surface area contributed by atoms with Crippen LogP contribution in [0.3, 0.4) is 0 Å². The van der Waals surface area contributed by atoms with Crippen LogP contribution >= 0.6 is 11.8 Å². The number of anilines is 1. The predicted molar refractivity (Wildman–Crippen MR) is 127 cm³/mol. The Labute approximate surface area is 203 Å². The number of aromatic nitrogens is 3. The molecule has 10 heteroatoms.